The summed E-state index contributed by atoms with van der Waals surface area (Å²) < 4.78 is 12.9. The van der Waals surface area contributed by atoms with E-state index in [-0.39, 0.29) is 17.9 Å². The molecule has 2 aromatic rings. The number of halogens is 1. The van der Waals surface area contributed by atoms with Gasteiger partial charge in [-0.15, -0.1) is 0 Å². The molecule has 1 aromatic heterocycles. The van der Waals surface area contributed by atoms with Crippen LogP contribution >= 0.6 is 11.3 Å². The molecule has 0 spiro atoms. The van der Waals surface area contributed by atoms with Crippen LogP contribution in [-0.4, -0.2) is 55.6 Å². The van der Waals surface area contributed by atoms with Crippen LogP contribution in [0.2, 0.25) is 0 Å². The lowest BCUT2D eigenvalue weighted by Gasteiger charge is -2.38. The Morgan fingerprint density at radius 2 is 1.88 bits per heavy atom. The quantitative estimate of drug-likeness (QED) is 0.815. The zero-order valence-corrected chi connectivity index (χ0v) is 15.8. The lowest BCUT2D eigenvalue weighted by Crippen LogP contribution is -2.49. The normalized spacial score (nSPS) is 17.0. The van der Waals surface area contributed by atoms with Gasteiger partial charge in [0.25, 0.3) is 0 Å². The maximum absolute atomic E-state index is 12.9. The number of carbonyl (C=O) groups is 1. The van der Waals surface area contributed by atoms with Crippen molar-refractivity contribution in [1.29, 1.82) is 0 Å². The van der Waals surface area contributed by atoms with E-state index >= 15 is 0 Å². The molecule has 0 aliphatic carbocycles. The zero-order chi connectivity index (χ0) is 18.4. The minimum atomic E-state index is -0.274. The van der Waals surface area contributed by atoms with Gasteiger partial charge in [0.15, 0.2) is 0 Å². The second-order valence-corrected chi connectivity index (χ2v) is 7.38. The highest BCUT2D eigenvalue weighted by Crippen LogP contribution is 2.23. The lowest BCUT2D eigenvalue weighted by atomic mass is 10.1. The molecule has 1 aromatic carbocycles. The highest BCUT2D eigenvalue weighted by molar-refractivity contribution is 7.07. The first kappa shape index (κ1) is 18.8. The Bertz CT molecular complexity index is 684. The predicted molar refractivity (Wildman–Crippen MR) is 103 cm³/mol. The number of piperazine rings is 1. The number of benzene rings is 1. The third-order valence-electron chi connectivity index (χ3n) is 4.73. The summed E-state index contributed by atoms with van der Waals surface area (Å²) in [6.45, 7) is 5.01. The number of thiophene rings is 1. The Morgan fingerprint density at radius 3 is 2.54 bits per heavy atom. The van der Waals surface area contributed by atoms with E-state index in [9.17, 15) is 9.18 Å². The van der Waals surface area contributed by atoms with Crippen LogP contribution < -0.4 is 10.6 Å². The third-order valence-corrected chi connectivity index (χ3v) is 5.43. The van der Waals surface area contributed by atoms with Gasteiger partial charge < -0.3 is 15.5 Å². The molecule has 0 saturated carbocycles. The molecule has 140 valence electrons. The number of rotatable bonds is 6. The molecule has 2 N–H and O–H groups in total. The average molecular weight is 377 g/mol. The van der Waals surface area contributed by atoms with Gasteiger partial charge >= 0.3 is 6.03 Å². The molecule has 1 aliphatic heterocycles. The van der Waals surface area contributed by atoms with Gasteiger partial charge in [-0.3, -0.25) is 4.90 Å². The van der Waals surface area contributed by atoms with Crippen molar-refractivity contribution in [2.75, 3.05) is 39.8 Å². The van der Waals surface area contributed by atoms with Crippen LogP contribution in [0.5, 0.6) is 0 Å². The van der Waals surface area contributed by atoms with Crippen LogP contribution in [0.4, 0.5) is 9.18 Å². The second-order valence-electron chi connectivity index (χ2n) is 6.60. The van der Waals surface area contributed by atoms with Crippen molar-refractivity contribution in [1.82, 2.24) is 20.4 Å². The Balaban J connectivity index is 1.52. The number of urea groups is 1. The Kier molecular flexibility index (Phi) is 6.60. The smallest absolute Gasteiger partial charge is 0.315 e. The molecular weight excluding hydrogens is 351 g/mol. The molecule has 0 unspecified atom stereocenters. The van der Waals surface area contributed by atoms with Gasteiger partial charge in [-0.2, -0.15) is 11.3 Å². The summed E-state index contributed by atoms with van der Waals surface area (Å²) in [4.78, 5) is 16.9. The highest BCUT2D eigenvalue weighted by atomic mass is 32.1. The van der Waals surface area contributed by atoms with Crippen molar-refractivity contribution in [3.8, 4) is 0 Å². The highest BCUT2D eigenvalue weighted by Gasteiger charge is 2.24. The van der Waals surface area contributed by atoms with Crippen molar-refractivity contribution in [3.05, 3.63) is 58.0 Å². The molecule has 1 aliphatic rings. The maximum Gasteiger partial charge on any atom is 0.315 e. The topological polar surface area (TPSA) is 47.6 Å². The number of amides is 2. The molecule has 2 amide bonds. The summed E-state index contributed by atoms with van der Waals surface area (Å²) in [7, 11) is 2.14. The minimum absolute atomic E-state index is 0.187. The van der Waals surface area contributed by atoms with Crippen molar-refractivity contribution in [3.63, 3.8) is 0 Å². The Labute approximate surface area is 157 Å². The van der Waals surface area contributed by atoms with E-state index in [2.05, 4.69) is 44.3 Å². The van der Waals surface area contributed by atoms with Gasteiger partial charge in [0.05, 0.1) is 6.04 Å². The van der Waals surface area contributed by atoms with E-state index in [0.29, 0.717) is 13.1 Å². The second kappa shape index (κ2) is 9.12. The Morgan fingerprint density at radius 1 is 1.15 bits per heavy atom. The minimum Gasteiger partial charge on any atom is -0.336 e. The molecule has 26 heavy (non-hydrogen) atoms. The van der Waals surface area contributed by atoms with Crippen LogP contribution in [0.3, 0.4) is 0 Å². The first-order valence-corrected chi connectivity index (χ1v) is 9.77. The number of nitrogens with one attached hydrogen (secondary N) is 2. The monoisotopic (exact) mass is 376 g/mol. The molecule has 5 nitrogen and oxygen atoms in total. The van der Waals surface area contributed by atoms with Crippen LogP contribution in [0.15, 0.2) is 41.1 Å². The summed E-state index contributed by atoms with van der Waals surface area (Å²) >= 11 is 1.68. The van der Waals surface area contributed by atoms with E-state index in [1.807, 2.05) is 0 Å². The van der Waals surface area contributed by atoms with Gasteiger partial charge in [-0.05, 0) is 47.1 Å². The summed E-state index contributed by atoms with van der Waals surface area (Å²) in [6.07, 6.45) is 0. The molecule has 1 atom stereocenters. The largest absolute Gasteiger partial charge is 0.336 e. The van der Waals surface area contributed by atoms with Gasteiger partial charge in [-0.25, -0.2) is 9.18 Å². The number of nitrogens with zero attached hydrogens (tertiary/aromatic N) is 2. The van der Waals surface area contributed by atoms with Gasteiger partial charge in [0.2, 0.25) is 0 Å². The van der Waals surface area contributed by atoms with Crippen molar-refractivity contribution in [2.24, 2.45) is 0 Å². The van der Waals surface area contributed by atoms with Crippen LogP contribution in [0.25, 0.3) is 0 Å². The molecule has 1 fully saturated rings. The summed E-state index contributed by atoms with van der Waals surface area (Å²) in [6, 6.07) is 8.26. The molecule has 0 bridgehead atoms. The SMILES string of the molecule is CN1CCN([C@H](CNC(=O)NCc2ccc(F)cc2)c2ccsc2)CC1. The fraction of sp³-hybridized carbons (Fsp3) is 0.421. The van der Waals surface area contributed by atoms with Gasteiger partial charge in [-0.1, -0.05) is 12.1 Å². The fourth-order valence-electron chi connectivity index (χ4n) is 3.09. The molecule has 3 rings (SSSR count). The first-order valence-electron chi connectivity index (χ1n) is 8.82. The summed E-state index contributed by atoms with van der Waals surface area (Å²) in [5, 5.41) is 10.0. The zero-order valence-electron chi connectivity index (χ0n) is 15.0. The number of carbonyl (C=O) groups excluding carboxylic acids is 1. The lowest BCUT2D eigenvalue weighted by molar-refractivity contribution is 0.111. The van der Waals surface area contributed by atoms with Crippen LogP contribution in [0.1, 0.15) is 17.2 Å². The van der Waals surface area contributed by atoms with Crippen LogP contribution in [0, 0.1) is 5.82 Å². The number of likely N-dealkylation sites (N-methyl/N-ethyl adjacent to an activating group) is 1. The van der Waals surface area contributed by atoms with Gasteiger partial charge in [0.1, 0.15) is 5.82 Å². The molecular formula is C19H25FN4OS. The predicted octanol–water partition coefficient (Wildman–Crippen LogP) is 2.68. The van der Waals surface area contributed by atoms with Crippen molar-refractivity contribution >= 4 is 17.4 Å². The summed E-state index contributed by atoms with van der Waals surface area (Å²) in [5.41, 5.74) is 2.12. The summed E-state index contributed by atoms with van der Waals surface area (Å²) in [5.74, 6) is -0.274. The van der Waals surface area contributed by atoms with E-state index in [1.54, 1.807) is 23.5 Å². The number of hydrogen-bond acceptors (Lipinski definition) is 4. The average Bonchev–Trinajstić information content (AvgIpc) is 3.17. The third kappa shape index (κ3) is 5.27. The van der Waals surface area contributed by atoms with E-state index < -0.39 is 0 Å². The molecule has 0 radical (unpaired) electrons. The molecule has 1 saturated heterocycles. The number of hydrogen-bond donors (Lipinski definition) is 2. The van der Waals surface area contributed by atoms with Crippen LogP contribution in [-0.2, 0) is 6.54 Å². The Hall–Kier alpha value is -1.96. The van der Waals surface area contributed by atoms with E-state index in [1.165, 1.54) is 17.7 Å². The fourth-order valence-corrected chi connectivity index (χ4v) is 3.80. The van der Waals surface area contributed by atoms with E-state index in [4.69, 9.17) is 0 Å². The van der Waals surface area contributed by atoms with Crippen molar-refractivity contribution in [2.45, 2.75) is 12.6 Å². The molecule has 7 heteroatoms. The van der Waals surface area contributed by atoms with Gasteiger partial charge in [0, 0.05) is 39.3 Å². The standard InChI is InChI=1S/C19H25FN4OS/c1-23-7-9-24(10-8-23)18(16-6-11-26-14-16)13-22-19(25)21-12-15-2-4-17(20)5-3-15/h2-6,11,14,18H,7-10,12-13H2,1H3,(H2,21,22,25)/t18-/m1/s1. The maximum atomic E-state index is 12.9. The first-order chi connectivity index (χ1) is 12.6. The van der Waals surface area contributed by atoms with Crippen molar-refractivity contribution < 1.29 is 9.18 Å². The van der Waals surface area contributed by atoms with E-state index in [0.717, 1.165) is 31.7 Å². The molecule has 2 heterocycles.